The molecule has 1 saturated carbocycles. The summed E-state index contributed by atoms with van der Waals surface area (Å²) in [6.45, 7) is 3.77. The van der Waals surface area contributed by atoms with Crippen LogP contribution >= 0.6 is 0 Å². The van der Waals surface area contributed by atoms with Gasteiger partial charge in [0.15, 0.2) is 0 Å². The standard InChI is InChI=1S/C14H20FN/c1-10-9-13(15)11(2)8-12(10)14(16)6-4-3-5-7-14/h8-9H,3-7,16H2,1-2H3. The first-order valence-electron chi connectivity index (χ1n) is 6.09. The molecule has 2 N–H and O–H groups in total. The van der Waals surface area contributed by atoms with Crippen LogP contribution in [0, 0.1) is 19.7 Å². The van der Waals surface area contributed by atoms with Crippen LogP contribution in [0.5, 0.6) is 0 Å². The predicted octanol–water partition coefficient (Wildman–Crippen LogP) is 3.56. The van der Waals surface area contributed by atoms with Crippen LogP contribution in [-0.2, 0) is 5.54 Å². The Kier molecular flexibility index (Phi) is 3.02. The van der Waals surface area contributed by atoms with Crippen LogP contribution in [0.15, 0.2) is 12.1 Å². The van der Waals surface area contributed by atoms with Gasteiger partial charge in [0.2, 0.25) is 0 Å². The third-order valence-electron chi connectivity index (χ3n) is 3.79. The normalized spacial score (nSPS) is 19.8. The Bertz CT molecular complexity index is 392. The Morgan fingerprint density at radius 2 is 1.69 bits per heavy atom. The van der Waals surface area contributed by atoms with Gasteiger partial charge in [-0.2, -0.15) is 0 Å². The Hall–Kier alpha value is -0.890. The number of halogens is 1. The summed E-state index contributed by atoms with van der Waals surface area (Å²) >= 11 is 0. The summed E-state index contributed by atoms with van der Waals surface area (Å²) in [6.07, 6.45) is 5.70. The van der Waals surface area contributed by atoms with Gasteiger partial charge >= 0.3 is 0 Å². The lowest BCUT2D eigenvalue weighted by Crippen LogP contribution is -2.39. The average Bonchev–Trinajstić information content (AvgIpc) is 2.24. The molecule has 0 aliphatic heterocycles. The van der Waals surface area contributed by atoms with E-state index in [1.807, 2.05) is 19.9 Å². The van der Waals surface area contributed by atoms with Crippen LogP contribution < -0.4 is 5.73 Å². The van der Waals surface area contributed by atoms with Crippen LogP contribution in [-0.4, -0.2) is 0 Å². The fraction of sp³-hybridized carbons (Fsp3) is 0.571. The fourth-order valence-corrected chi connectivity index (χ4v) is 2.77. The first kappa shape index (κ1) is 11.6. The quantitative estimate of drug-likeness (QED) is 0.771. The van der Waals surface area contributed by atoms with Crippen LogP contribution in [0.3, 0.4) is 0 Å². The second-order valence-corrected chi connectivity index (χ2v) is 5.13. The summed E-state index contributed by atoms with van der Waals surface area (Å²) in [7, 11) is 0. The molecule has 1 aliphatic carbocycles. The van der Waals surface area contributed by atoms with Crippen molar-refractivity contribution in [1.82, 2.24) is 0 Å². The van der Waals surface area contributed by atoms with Crippen molar-refractivity contribution in [1.29, 1.82) is 0 Å². The fourth-order valence-electron chi connectivity index (χ4n) is 2.77. The van der Waals surface area contributed by atoms with Crippen molar-refractivity contribution in [2.24, 2.45) is 5.73 Å². The second kappa shape index (κ2) is 4.17. The van der Waals surface area contributed by atoms with Gasteiger partial charge in [0.25, 0.3) is 0 Å². The molecule has 1 fully saturated rings. The largest absolute Gasteiger partial charge is 0.321 e. The van der Waals surface area contributed by atoms with Crippen LogP contribution in [0.2, 0.25) is 0 Å². The molecule has 0 radical (unpaired) electrons. The van der Waals surface area contributed by atoms with E-state index in [1.54, 1.807) is 6.07 Å². The maximum absolute atomic E-state index is 13.4. The van der Waals surface area contributed by atoms with Gasteiger partial charge in [-0.3, -0.25) is 0 Å². The third kappa shape index (κ3) is 1.99. The average molecular weight is 221 g/mol. The van der Waals surface area contributed by atoms with Crippen molar-refractivity contribution >= 4 is 0 Å². The number of nitrogens with two attached hydrogens (primary N) is 1. The highest BCUT2D eigenvalue weighted by atomic mass is 19.1. The van der Waals surface area contributed by atoms with Gasteiger partial charge in [-0.05, 0) is 49.4 Å². The zero-order valence-electron chi connectivity index (χ0n) is 10.1. The molecule has 0 amide bonds. The van der Waals surface area contributed by atoms with Crippen LogP contribution in [0.4, 0.5) is 4.39 Å². The molecule has 0 unspecified atom stereocenters. The summed E-state index contributed by atoms with van der Waals surface area (Å²) in [5.41, 5.74) is 9.10. The topological polar surface area (TPSA) is 26.0 Å². The lowest BCUT2D eigenvalue weighted by Gasteiger charge is -2.35. The zero-order chi connectivity index (χ0) is 11.8. The van der Waals surface area contributed by atoms with Gasteiger partial charge < -0.3 is 5.73 Å². The highest BCUT2D eigenvalue weighted by Crippen LogP contribution is 2.36. The second-order valence-electron chi connectivity index (χ2n) is 5.13. The SMILES string of the molecule is Cc1cc(C2(N)CCCCC2)c(C)cc1F. The van der Waals surface area contributed by atoms with Crippen molar-refractivity contribution in [3.05, 3.63) is 34.6 Å². The smallest absolute Gasteiger partial charge is 0.126 e. The van der Waals surface area contributed by atoms with E-state index in [4.69, 9.17) is 5.73 Å². The number of hydrogen-bond donors (Lipinski definition) is 1. The van der Waals surface area contributed by atoms with Gasteiger partial charge in [-0.1, -0.05) is 25.3 Å². The van der Waals surface area contributed by atoms with E-state index in [0.29, 0.717) is 5.56 Å². The summed E-state index contributed by atoms with van der Waals surface area (Å²) < 4.78 is 13.4. The van der Waals surface area contributed by atoms with Crippen molar-refractivity contribution in [2.45, 2.75) is 51.5 Å². The van der Waals surface area contributed by atoms with Crippen molar-refractivity contribution in [2.75, 3.05) is 0 Å². The number of aryl methyl sites for hydroxylation is 2. The monoisotopic (exact) mass is 221 g/mol. The van der Waals surface area contributed by atoms with E-state index < -0.39 is 0 Å². The molecule has 1 aliphatic rings. The maximum Gasteiger partial charge on any atom is 0.126 e. The van der Waals surface area contributed by atoms with Crippen molar-refractivity contribution in [3.8, 4) is 0 Å². The van der Waals surface area contributed by atoms with Gasteiger partial charge in [0, 0.05) is 5.54 Å². The molecule has 0 atom stereocenters. The first-order chi connectivity index (χ1) is 7.53. The minimum absolute atomic E-state index is 0.124. The molecule has 88 valence electrons. The van der Waals surface area contributed by atoms with E-state index in [0.717, 1.165) is 24.0 Å². The van der Waals surface area contributed by atoms with Crippen LogP contribution in [0.1, 0.15) is 48.8 Å². The first-order valence-corrected chi connectivity index (χ1v) is 6.09. The number of benzene rings is 1. The van der Waals surface area contributed by atoms with E-state index in [-0.39, 0.29) is 11.4 Å². The molecule has 0 bridgehead atoms. The number of rotatable bonds is 1. The lowest BCUT2D eigenvalue weighted by atomic mass is 9.75. The third-order valence-corrected chi connectivity index (χ3v) is 3.79. The lowest BCUT2D eigenvalue weighted by molar-refractivity contribution is 0.300. The molecule has 2 heteroatoms. The zero-order valence-corrected chi connectivity index (χ0v) is 10.1. The van der Waals surface area contributed by atoms with E-state index >= 15 is 0 Å². The minimum atomic E-state index is -0.221. The van der Waals surface area contributed by atoms with Crippen molar-refractivity contribution < 1.29 is 4.39 Å². The highest BCUT2D eigenvalue weighted by Gasteiger charge is 2.31. The van der Waals surface area contributed by atoms with Crippen molar-refractivity contribution in [3.63, 3.8) is 0 Å². The molecule has 0 heterocycles. The minimum Gasteiger partial charge on any atom is -0.321 e. The molecule has 1 aromatic carbocycles. The van der Waals surface area contributed by atoms with E-state index in [2.05, 4.69) is 0 Å². The van der Waals surface area contributed by atoms with Gasteiger partial charge in [-0.25, -0.2) is 4.39 Å². The van der Waals surface area contributed by atoms with Gasteiger partial charge in [-0.15, -0.1) is 0 Å². The Labute approximate surface area is 96.9 Å². The number of hydrogen-bond acceptors (Lipinski definition) is 1. The molecular weight excluding hydrogens is 201 g/mol. The summed E-state index contributed by atoms with van der Waals surface area (Å²) in [4.78, 5) is 0. The Morgan fingerprint density at radius 3 is 2.31 bits per heavy atom. The predicted molar refractivity (Wildman–Crippen MR) is 64.8 cm³/mol. The molecule has 0 aromatic heterocycles. The molecule has 16 heavy (non-hydrogen) atoms. The molecular formula is C14H20FN. The molecule has 1 aromatic rings. The Morgan fingerprint density at radius 1 is 1.06 bits per heavy atom. The molecule has 1 nitrogen and oxygen atoms in total. The van der Waals surface area contributed by atoms with E-state index in [1.165, 1.54) is 19.3 Å². The molecule has 2 rings (SSSR count). The Balaban J connectivity index is 2.42. The highest BCUT2D eigenvalue weighted by molar-refractivity contribution is 5.37. The molecule has 0 spiro atoms. The summed E-state index contributed by atoms with van der Waals surface area (Å²) in [5, 5.41) is 0. The summed E-state index contributed by atoms with van der Waals surface area (Å²) in [6, 6.07) is 3.56. The van der Waals surface area contributed by atoms with Crippen LogP contribution in [0.25, 0.3) is 0 Å². The summed E-state index contributed by atoms with van der Waals surface area (Å²) in [5.74, 6) is -0.124. The van der Waals surface area contributed by atoms with Gasteiger partial charge in [0.05, 0.1) is 0 Å². The molecule has 0 saturated heterocycles. The maximum atomic E-state index is 13.4. The van der Waals surface area contributed by atoms with Gasteiger partial charge in [0.1, 0.15) is 5.82 Å². The van der Waals surface area contributed by atoms with E-state index in [9.17, 15) is 4.39 Å².